The van der Waals surface area contributed by atoms with Crippen molar-refractivity contribution >= 4 is 32.2 Å². The summed E-state index contributed by atoms with van der Waals surface area (Å²) in [6, 6.07) is 8.74. The maximum Gasteiger partial charge on any atom is 0.0383 e. The molecule has 0 aliphatic heterocycles. The summed E-state index contributed by atoms with van der Waals surface area (Å²) in [4.78, 5) is 0. The van der Waals surface area contributed by atoms with Crippen molar-refractivity contribution in [3.63, 3.8) is 0 Å². The molecule has 1 N–H and O–H groups in total. The number of thiophene rings is 1. The van der Waals surface area contributed by atoms with Gasteiger partial charge < -0.3 is 5.32 Å². The molecule has 0 bridgehead atoms. The molecular formula is C13H17NOS2. The molecule has 1 heterocycles. The van der Waals surface area contributed by atoms with E-state index in [4.69, 9.17) is 0 Å². The Balaban J connectivity index is 2.02. The maximum absolute atomic E-state index is 11.1. The minimum Gasteiger partial charge on any atom is -0.309 e. The highest BCUT2D eigenvalue weighted by atomic mass is 32.2. The average molecular weight is 267 g/mol. The molecule has 92 valence electrons. The van der Waals surface area contributed by atoms with E-state index in [0.29, 0.717) is 11.8 Å². The summed E-state index contributed by atoms with van der Waals surface area (Å²) in [5.74, 6) is 0.710. The Bertz CT molecular complexity index is 521. The van der Waals surface area contributed by atoms with Gasteiger partial charge in [-0.3, -0.25) is 4.21 Å². The fourth-order valence-electron chi connectivity index (χ4n) is 1.86. The lowest BCUT2D eigenvalue weighted by atomic mass is 10.2. The molecule has 2 unspecified atom stereocenters. The summed E-state index contributed by atoms with van der Waals surface area (Å²) in [5.41, 5.74) is 1.33. The minimum atomic E-state index is -0.731. The topological polar surface area (TPSA) is 29.1 Å². The van der Waals surface area contributed by atoms with Crippen LogP contribution in [0.1, 0.15) is 12.5 Å². The summed E-state index contributed by atoms with van der Waals surface area (Å²) in [5, 5.41) is 6.95. The Morgan fingerprint density at radius 1 is 1.41 bits per heavy atom. The van der Waals surface area contributed by atoms with Gasteiger partial charge in [0.25, 0.3) is 0 Å². The second-order valence-corrected chi connectivity index (χ2v) is 6.67. The van der Waals surface area contributed by atoms with Crippen LogP contribution in [0.5, 0.6) is 0 Å². The van der Waals surface area contributed by atoms with Crippen LogP contribution in [-0.4, -0.2) is 22.3 Å². The van der Waals surface area contributed by atoms with E-state index in [1.54, 1.807) is 17.6 Å². The van der Waals surface area contributed by atoms with Gasteiger partial charge >= 0.3 is 0 Å². The lowest BCUT2D eigenvalue weighted by molar-refractivity contribution is 0.589. The van der Waals surface area contributed by atoms with Gasteiger partial charge in [-0.1, -0.05) is 18.2 Å². The molecule has 0 radical (unpaired) electrons. The van der Waals surface area contributed by atoms with Crippen molar-refractivity contribution in [3.8, 4) is 0 Å². The lowest BCUT2D eigenvalue weighted by Crippen LogP contribution is -2.30. The zero-order valence-electron chi connectivity index (χ0n) is 10.1. The van der Waals surface area contributed by atoms with Crippen LogP contribution in [-0.2, 0) is 17.3 Å². The average Bonchev–Trinajstić information content (AvgIpc) is 2.69. The third-order valence-corrected chi connectivity index (χ3v) is 4.67. The Morgan fingerprint density at radius 2 is 2.18 bits per heavy atom. The van der Waals surface area contributed by atoms with Crippen LogP contribution < -0.4 is 5.32 Å². The summed E-state index contributed by atoms with van der Waals surface area (Å²) in [6.45, 7) is 2.93. The standard InChI is InChI=1S/C13H17NOS2/c1-10(9-17(2)15)14-7-11-8-16-13-6-4-3-5-12(11)13/h3-6,8,10,14H,7,9H2,1-2H3. The quantitative estimate of drug-likeness (QED) is 0.902. The Kier molecular flexibility index (Phi) is 4.31. The summed E-state index contributed by atoms with van der Waals surface area (Å²) in [7, 11) is -0.731. The first kappa shape index (κ1) is 12.7. The first-order chi connectivity index (χ1) is 8.16. The number of hydrogen-bond acceptors (Lipinski definition) is 3. The van der Waals surface area contributed by atoms with E-state index in [1.807, 2.05) is 0 Å². The number of hydrogen-bond donors (Lipinski definition) is 1. The predicted octanol–water partition coefficient (Wildman–Crippen LogP) is 2.76. The Morgan fingerprint density at radius 3 is 2.94 bits per heavy atom. The predicted molar refractivity (Wildman–Crippen MR) is 77.1 cm³/mol. The molecule has 4 heteroatoms. The van der Waals surface area contributed by atoms with Crippen molar-refractivity contribution in [2.45, 2.75) is 19.5 Å². The van der Waals surface area contributed by atoms with Crippen LogP contribution in [0.3, 0.4) is 0 Å². The van der Waals surface area contributed by atoms with Crippen molar-refractivity contribution in [3.05, 3.63) is 35.2 Å². The molecular weight excluding hydrogens is 250 g/mol. The molecule has 0 amide bonds. The second kappa shape index (κ2) is 5.76. The van der Waals surface area contributed by atoms with Crippen molar-refractivity contribution < 1.29 is 4.21 Å². The van der Waals surface area contributed by atoms with E-state index in [1.165, 1.54) is 15.6 Å². The molecule has 2 rings (SSSR count). The van der Waals surface area contributed by atoms with E-state index >= 15 is 0 Å². The zero-order chi connectivity index (χ0) is 12.3. The Labute approximate surface area is 109 Å². The number of rotatable bonds is 5. The number of nitrogens with one attached hydrogen (secondary N) is 1. The van der Waals surface area contributed by atoms with Crippen LogP contribution in [0.25, 0.3) is 10.1 Å². The van der Waals surface area contributed by atoms with Gasteiger partial charge in [-0.2, -0.15) is 0 Å². The highest BCUT2D eigenvalue weighted by molar-refractivity contribution is 7.84. The molecule has 0 spiro atoms. The van der Waals surface area contributed by atoms with Crippen LogP contribution in [0.15, 0.2) is 29.6 Å². The first-order valence-corrected chi connectivity index (χ1v) is 8.26. The molecule has 17 heavy (non-hydrogen) atoms. The molecule has 0 aliphatic rings. The van der Waals surface area contributed by atoms with Gasteiger partial charge in [0.1, 0.15) is 0 Å². The van der Waals surface area contributed by atoms with E-state index in [0.717, 1.165) is 6.54 Å². The van der Waals surface area contributed by atoms with Crippen LogP contribution in [0.4, 0.5) is 0 Å². The summed E-state index contributed by atoms with van der Waals surface area (Å²) < 4.78 is 12.4. The molecule has 1 aromatic heterocycles. The molecule has 0 saturated heterocycles. The van der Waals surface area contributed by atoms with E-state index in [-0.39, 0.29) is 0 Å². The fraction of sp³-hybridized carbons (Fsp3) is 0.385. The highest BCUT2D eigenvalue weighted by Crippen LogP contribution is 2.25. The SMILES string of the molecule is CC(CS(C)=O)NCc1csc2ccccc12. The fourth-order valence-corrected chi connectivity index (χ4v) is 3.65. The summed E-state index contributed by atoms with van der Waals surface area (Å²) >= 11 is 1.78. The monoisotopic (exact) mass is 267 g/mol. The van der Waals surface area contributed by atoms with Crippen LogP contribution in [0.2, 0.25) is 0 Å². The molecule has 0 saturated carbocycles. The van der Waals surface area contributed by atoms with E-state index in [2.05, 4.69) is 41.9 Å². The van der Waals surface area contributed by atoms with E-state index in [9.17, 15) is 4.21 Å². The third kappa shape index (κ3) is 3.37. The van der Waals surface area contributed by atoms with Gasteiger partial charge in [-0.15, -0.1) is 11.3 Å². The molecule has 1 aromatic carbocycles. The zero-order valence-corrected chi connectivity index (χ0v) is 11.7. The molecule has 2 atom stereocenters. The highest BCUT2D eigenvalue weighted by Gasteiger charge is 2.06. The van der Waals surface area contributed by atoms with Gasteiger partial charge in [0, 0.05) is 40.1 Å². The first-order valence-electron chi connectivity index (χ1n) is 5.65. The summed E-state index contributed by atoms with van der Waals surface area (Å²) in [6.07, 6.45) is 1.75. The number of benzene rings is 1. The molecule has 2 aromatic rings. The van der Waals surface area contributed by atoms with E-state index < -0.39 is 10.8 Å². The maximum atomic E-state index is 11.1. The normalized spacial score (nSPS) is 14.9. The van der Waals surface area contributed by atoms with Crippen molar-refractivity contribution in [1.29, 1.82) is 0 Å². The van der Waals surface area contributed by atoms with Gasteiger partial charge in [-0.25, -0.2) is 0 Å². The van der Waals surface area contributed by atoms with Crippen molar-refractivity contribution in [2.24, 2.45) is 0 Å². The second-order valence-electron chi connectivity index (χ2n) is 4.28. The lowest BCUT2D eigenvalue weighted by Gasteiger charge is -2.11. The minimum absolute atomic E-state index is 0.291. The molecule has 0 aliphatic carbocycles. The third-order valence-electron chi connectivity index (χ3n) is 2.69. The Hall–Kier alpha value is -0.710. The van der Waals surface area contributed by atoms with Gasteiger partial charge in [0.15, 0.2) is 0 Å². The smallest absolute Gasteiger partial charge is 0.0383 e. The largest absolute Gasteiger partial charge is 0.309 e. The van der Waals surface area contributed by atoms with Crippen LogP contribution >= 0.6 is 11.3 Å². The van der Waals surface area contributed by atoms with Gasteiger partial charge in [-0.05, 0) is 29.3 Å². The van der Waals surface area contributed by atoms with Crippen molar-refractivity contribution in [2.75, 3.05) is 12.0 Å². The van der Waals surface area contributed by atoms with Gasteiger partial charge in [0.05, 0.1) is 0 Å². The molecule has 2 nitrogen and oxygen atoms in total. The number of fused-ring (bicyclic) bond motifs is 1. The molecule has 0 fully saturated rings. The van der Waals surface area contributed by atoms with Gasteiger partial charge in [0.2, 0.25) is 0 Å². The van der Waals surface area contributed by atoms with Crippen molar-refractivity contribution in [1.82, 2.24) is 5.32 Å². The van der Waals surface area contributed by atoms with Crippen LogP contribution in [0, 0.1) is 0 Å².